The van der Waals surface area contributed by atoms with E-state index in [9.17, 15) is 9.59 Å². The summed E-state index contributed by atoms with van der Waals surface area (Å²) in [5, 5.41) is 3.09. The fourth-order valence-electron chi connectivity index (χ4n) is 4.77. The Morgan fingerprint density at radius 2 is 1.97 bits per heavy atom. The predicted octanol–water partition coefficient (Wildman–Crippen LogP) is 1.63. The van der Waals surface area contributed by atoms with Crippen LogP contribution in [0.4, 0.5) is 0 Å². The lowest BCUT2D eigenvalue weighted by Gasteiger charge is -2.43. The lowest BCUT2D eigenvalue weighted by Crippen LogP contribution is -2.53. The number of likely N-dealkylation sites (tertiary alicyclic amines) is 1. The van der Waals surface area contributed by atoms with Gasteiger partial charge in [0.05, 0.1) is 19.8 Å². The van der Waals surface area contributed by atoms with E-state index in [2.05, 4.69) is 22.4 Å². The van der Waals surface area contributed by atoms with Crippen LogP contribution in [0.3, 0.4) is 0 Å². The molecule has 7 heteroatoms. The largest absolute Gasteiger partial charge is 0.483 e. The second-order valence-electron chi connectivity index (χ2n) is 8.86. The van der Waals surface area contributed by atoms with Gasteiger partial charge in [0.2, 0.25) is 5.91 Å². The molecule has 1 spiro atoms. The summed E-state index contributed by atoms with van der Waals surface area (Å²) in [6, 6.07) is 7.87. The number of piperidine rings is 1. The van der Waals surface area contributed by atoms with Gasteiger partial charge in [-0.15, -0.1) is 0 Å². The summed E-state index contributed by atoms with van der Waals surface area (Å²) in [7, 11) is 0. The van der Waals surface area contributed by atoms with Gasteiger partial charge in [0.15, 0.2) is 6.61 Å². The van der Waals surface area contributed by atoms with Crippen LogP contribution in [0.1, 0.15) is 24.8 Å². The average Bonchev–Trinajstić information content (AvgIpc) is 2.80. The molecule has 31 heavy (non-hydrogen) atoms. The number of benzene rings is 1. The Morgan fingerprint density at radius 1 is 1.13 bits per heavy atom. The van der Waals surface area contributed by atoms with Crippen LogP contribution < -0.4 is 10.1 Å². The molecule has 168 valence electrons. The van der Waals surface area contributed by atoms with Crippen LogP contribution in [0.15, 0.2) is 36.4 Å². The van der Waals surface area contributed by atoms with Crippen LogP contribution in [0, 0.1) is 5.41 Å². The summed E-state index contributed by atoms with van der Waals surface area (Å²) in [5.41, 5.74) is 1.02. The first kappa shape index (κ1) is 21.8. The summed E-state index contributed by atoms with van der Waals surface area (Å²) >= 11 is 0. The Labute approximate surface area is 184 Å². The van der Waals surface area contributed by atoms with Crippen molar-refractivity contribution in [3.63, 3.8) is 0 Å². The molecular formula is C24H33N3O4. The molecule has 0 aromatic heterocycles. The number of morpholine rings is 1. The molecule has 3 heterocycles. The second kappa shape index (κ2) is 10.3. The number of para-hydroxylation sites is 1. The van der Waals surface area contributed by atoms with E-state index in [0.717, 1.165) is 50.1 Å². The Balaban J connectivity index is 1.43. The van der Waals surface area contributed by atoms with Gasteiger partial charge in [-0.1, -0.05) is 30.4 Å². The number of hydrogen-bond donors (Lipinski definition) is 1. The van der Waals surface area contributed by atoms with Gasteiger partial charge < -0.3 is 19.7 Å². The highest BCUT2D eigenvalue weighted by Crippen LogP contribution is 2.34. The molecule has 3 aliphatic rings. The topological polar surface area (TPSA) is 71.1 Å². The van der Waals surface area contributed by atoms with E-state index in [1.807, 2.05) is 29.2 Å². The Hall–Kier alpha value is -2.38. The van der Waals surface area contributed by atoms with Crippen molar-refractivity contribution in [3.8, 4) is 5.75 Å². The van der Waals surface area contributed by atoms with E-state index in [1.165, 1.54) is 0 Å². The number of hydrogen-bond acceptors (Lipinski definition) is 5. The van der Waals surface area contributed by atoms with Crippen molar-refractivity contribution in [2.24, 2.45) is 5.41 Å². The van der Waals surface area contributed by atoms with Crippen molar-refractivity contribution in [2.75, 3.05) is 59.1 Å². The van der Waals surface area contributed by atoms with E-state index >= 15 is 0 Å². The Bertz CT molecular complexity index is 806. The highest BCUT2D eigenvalue weighted by molar-refractivity contribution is 5.78. The van der Waals surface area contributed by atoms with Gasteiger partial charge in [-0.3, -0.25) is 14.5 Å². The molecule has 0 bridgehead atoms. The summed E-state index contributed by atoms with van der Waals surface area (Å²) < 4.78 is 11.1. The Kier molecular flexibility index (Phi) is 7.25. The highest BCUT2D eigenvalue weighted by atomic mass is 16.5. The molecule has 7 nitrogen and oxygen atoms in total. The molecule has 0 saturated carbocycles. The summed E-state index contributed by atoms with van der Waals surface area (Å²) in [6.07, 6.45) is 8.17. The van der Waals surface area contributed by atoms with Crippen molar-refractivity contribution in [3.05, 3.63) is 42.0 Å². The zero-order chi connectivity index (χ0) is 21.5. The van der Waals surface area contributed by atoms with Gasteiger partial charge in [0, 0.05) is 31.6 Å². The minimum Gasteiger partial charge on any atom is -0.483 e. The smallest absolute Gasteiger partial charge is 0.257 e. The van der Waals surface area contributed by atoms with Crippen molar-refractivity contribution < 1.29 is 19.1 Å². The number of fused-ring (bicyclic) bond motifs is 1. The standard InChI is InChI=1S/C24H33N3O4/c28-22-17-31-21-8-2-1-6-20(21)7-3-4-9-24(18-25-22)10-5-11-26(19-24)16-23(29)27-12-14-30-15-13-27/h1-4,6,8H,5,7,9-19H2,(H,25,28)/b4-3+. The summed E-state index contributed by atoms with van der Waals surface area (Å²) in [5.74, 6) is 0.849. The molecular weight excluding hydrogens is 394 g/mol. The third-order valence-electron chi connectivity index (χ3n) is 6.51. The molecule has 1 unspecified atom stereocenters. The summed E-state index contributed by atoms with van der Waals surface area (Å²) in [6.45, 7) is 5.40. The second-order valence-corrected chi connectivity index (χ2v) is 8.86. The van der Waals surface area contributed by atoms with E-state index < -0.39 is 0 Å². The van der Waals surface area contributed by atoms with E-state index in [-0.39, 0.29) is 23.8 Å². The zero-order valence-electron chi connectivity index (χ0n) is 18.2. The normalized spacial score (nSPS) is 26.7. The SMILES string of the molecule is O=C1COc2ccccc2C/C=C/CC2(CCCN(CC(=O)N3CCOCC3)C2)CN1. The van der Waals surface area contributed by atoms with Crippen molar-refractivity contribution in [1.82, 2.24) is 15.1 Å². The van der Waals surface area contributed by atoms with Crippen LogP contribution in [-0.2, 0) is 20.7 Å². The van der Waals surface area contributed by atoms with Crippen LogP contribution in [0.5, 0.6) is 5.75 Å². The van der Waals surface area contributed by atoms with Crippen LogP contribution in [-0.4, -0.2) is 80.7 Å². The lowest BCUT2D eigenvalue weighted by atomic mass is 9.76. The quantitative estimate of drug-likeness (QED) is 0.727. The minimum absolute atomic E-state index is 0.0238. The molecule has 2 amide bonds. The third kappa shape index (κ3) is 5.86. The van der Waals surface area contributed by atoms with Crippen LogP contribution in [0.2, 0.25) is 0 Å². The number of allylic oxidation sites excluding steroid dienone is 2. The molecule has 0 radical (unpaired) electrons. The number of ether oxygens (including phenoxy) is 2. The first-order chi connectivity index (χ1) is 15.1. The zero-order valence-corrected chi connectivity index (χ0v) is 18.2. The van der Waals surface area contributed by atoms with Gasteiger partial charge in [-0.05, 0) is 43.9 Å². The Morgan fingerprint density at radius 3 is 2.84 bits per heavy atom. The average molecular weight is 428 g/mol. The van der Waals surface area contributed by atoms with Crippen molar-refractivity contribution in [1.29, 1.82) is 0 Å². The maximum Gasteiger partial charge on any atom is 0.257 e. The van der Waals surface area contributed by atoms with E-state index in [1.54, 1.807) is 0 Å². The van der Waals surface area contributed by atoms with Gasteiger partial charge in [0.1, 0.15) is 5.75 Å². The fourth-order valence-corrected chi connectivity index (χ4v) is 4.77. The molecule has 1 N–H and O–H groups in total. The fraction of sp³-hybridized carbons (Fsp3) is 0.583. The lowest BCUT2D eigenvalue weighted by molar-refractivity contribution is -0.137. The molecule has 3 aliphatic heterocycles. The van der Waals surface area contributed by atoms with Gasteiger partial charge in [-0.25, -0.2) is 0 Å². The molecule has 4 rings (SSSR count). The molecule has 2 fully saturated rings. The van der Waals surface area contributed by atoms with E-state index in [4.69, 9.17) is 9.47 Å². The molecule has 2 saturated heterocycles. The molecule has 0 aliphatic carbocycles. The van der Waals surface area contributed by atoms with Crippen LogP contribution >= 0.6 is 0 Å². The maximum absolute atomic E-state index is 12.7. The molecule has 1 atom stereocenters. The highest BCUT2D eigenvalue weighted by Gasteiger charge is 2.36. The first-order valence-corrected chi connectivity index (χ1v) is 11.3. The number of nitrogens with zero attached hydrogens (tertiary/aromatic N) is 2. The van der Waals surface area contributed by atoms with Gasteiger partial charge in [0.25, 0.3) is 5.91 Å². The van der Waals surface area contributed by atoms with Gasteiger partial charge in [-0.2, -0.15) is 0 Å². The minimum atomic E-state index is -0.0970. The summed E-state index contributed by atoms with van der Waals surface area (Å²) in [4.78, 5) is 29.4. The maximum atomic E-state index is 12.7. The van der Waals surface area contributed by atoms with Crippen molar-refractivity contribution >= 4 is 11.8 Å². The monoisotopic (exact) mass is 427 g/mol. The number of nitrogens with one attached hydrogen (secondary N) is 1. The van der Waals surface area contributed by atoms with Crippen molar-refractivity contribution in [2.45, 2.75) is 25.7 Å². The number of carbonyl (C=O) groups is 2. The number of rotatable bonds is 2. The number of amides is 2. The number of carbonyl (C=O) groups excluding carboxylic acids is 2. The molecule has 1 aromatic carbocycles. The molecule has 1 aromatic rings. The van der Waals surface area contributed by atoms with Crippen LogP contribution in [0.25, 0.3) is 0 Å². The predicted molar refractivity (Wildman–Crippen MR) is 118 cm³/mol. The first-order valence-electron chi connectivity index (χ1n) is 11.3. The van der Waals surface area contributed by atoms with Gasteiger partial charge >= 0.3 is 0 Å². The van der Waals surface area contributed by atoms with E-state index in [0.29, 0.717) is 39.4 Å². The third-order valence-corrected chi connectivity index (χ3v) is 6.51.